The molecule has 0 saturated heterocycles. The van der Waals surface area contributed by atoms with Crippen LogP contribution in [0.5, 0.6) is 5.75 Å². The van der Waals surface area contributed by atoms with Crippen molar-refractivity contribution in [3.63, 3.8) is 0 Å². The first kappa shape index (κ1) is 14.4. The molecule has 2 nitrogen and oxygen atoms in total. The summed E-state index contributed by atoms with van der Waals surface area (Å²) in [5, 5.41) is 0.623. The first-order valence-electron chi connectivity index (χ1n) is 7.37. The average molecular weight is 302 g/mol. The maximum atomic E-state index is 6.56. The van der Waals surface area contributed by atoms with Crippen LogP contribution in [-0.2, 0) is 6.42 Å². The van der Waals surface area contributed by atoms with Gasteiger partial charge in [0, 0.05) is 12.0 Å². The minimum atomic E-state index is -0.0300. The average Bonchev–Trinajstić information content (AvgIpc) is 2.54. The van der Waals surface area contributed by atoms with E-state index in [0.717, 1.165) is 18.4 Å². The van der Waals surface area contributed by atoms with Crippen LogP contribution in [0, 0.1) is 0 Å². The lowest BCUT2D eigenvalue weighted by Gasteiger charge is -2.30. The lowest BCUT2D eigenvalue weighted by Crippen LogP contribution is -2.23. The molecule has 0 saturated carbocycles. The first-order valence-corrected chi connectivity index (χ1v) is 7.75. The fraction of sp³-hybridized carbons (Fsp3) is 0.333. The largest absolute Gasteiger partial charge is 0.495 e. The molecule has 2 unspecified atom stereocenters. The van der Waals surface area contributed by atoms with Gasteiger partial charge in [0.2, 0.25) is 0 Å². The number of fused-ring (bicyclic) bond motifs is 1. The zero-order valence-electron chi connectivity index (χ0n) is 12.2. The lowest BCUT2D eigenvalue weighted by atomic mass is 9.77. The van der Waals surface area contributed by atoms with Crippen molar-refractivity contribution in [3.05, 3.63) is 64.2 Å². The third kappa shape index (κ3) is 2.78. The molecule has 21 heavy (non-hydrogen) atoms. The van der Waals surface area contributed by atoms with E-state index in [1.54, 1.807) is 7.11 Å². The SMILES string of the molecule is COc1cc(C(N)C2CCCc3ccccc32)ccc1Cl. The molecule has 0 spiro atoms. The quantitative estimate of drug-likeness (QED) is 0.908. The molecule has 0 aliphatic heterocycles. The van der Waals surface area contributed by atoms with E-state index in [1.165, 1.54) is 17.5 Å². The zero-order chi connectivity index (χ0) is 14.8. The smallest absolute Gasteiger partial charge is 0.137 e. The van der Waals surface area contributed by atoms with Gasteiger partial charge in [0.25, 0.3) is 0 Å². The molecule has 0 fully saturated rings. The van der Waals surface area contributed by atoms with Gasteiger partial charge in [-0.15, -0.1) is 0 Å². The van der Waals surface area contributed by atoms with E-state index < -0.39 is 0 Å². The predicted molar refractivity (Wildman–Crippen MR) is 87.1 cm³/mol. The summed E-state index contributed by atoms with van der Waals surface area (Å²) in [7, 11) is 1.63. The Kier molecular flexibility index (Phi) is 4.18. The number of ether oxygens (including phenoxy) is 1. The summed E-state index contributed by atoms with van der Waals surface area (Å²) in [6, 6.07) is 14.5. The molecule has 3 heteroatoms. The second kappa shape index (κ2) is 6.08. The van der Waals surface area contributed by atoms with Gasteiger partial charge in [-0.1, -0.05) is 41.9 Å². The molecule has 0 radical (unpaired) electrons. The maximum Gasteiger partial charge on any atom is 0.137 e. The number of rotatable bonds is 3. The Morgan fingerprint density at radius 2 is 2.05 bits per heavy atom. The van der Waals surface area contributed by atoms with Crippen LogP contribution in [0.1, 0.15) is 41.5 Å². The highest BCUT2D eigenvalue weighted by atomic mass is 35.5. The van der Waals surface area contributed by atoms with Crippen molar-refractivity contribution in [3.8, 4) is 5.75 Å². The Bertz CT molecular complexity index is 641. The van der Waals surface area contributed by atoms with Crippen molar-refractivity contribution >= 4 is 11.6 Å². The number of aryl methyl sites for hydroxylation is 1. The van der Waals surface area contributed by atoms with Gasteiger partial charge in [-0.3, -0.25) is 0 Å². The predicted octanol–water partition coefficient (Wildman–Crippen LogP) is 4.47. The van der Waals surface area contributed by atoms with Gasteiger partial charge >= 0.3 is 0 Å². The molecule has 1 aliphatic rings. The standard InChI is InChI=1S/C18H20ClNO/c1-21-17-11-13(9-10-16(17)19)18(20)15-8-4-6-12-5-2-3-7-14(12)15/h2-3,5,7,9-11,15,18H,4,6,8,20H2,1H3. The molecule has 0 aromatic heterocycles. The van der Waals surface area contributed by atoms with Crippen LogP contribution in [0.4, 0.5) is 0 Å². The summed E-state index contributed by atoms with van der Waals surface area (Å²) in [4.78, 5) is 0. The van der Waals surface area contributed by atoms with Gasteiger partial charge < -0.3 is 10.5 Å². The van der Waals surface area contributed by atoms with Crippen LogP contribution < -0.4 is 10.5 Å². The van der Waals surface area contributed by atoms with Crippen molar-refractivity contribution in [1.29, 1.82) is 0 Å². The zero-order valence-corrected chi connectivity index (χ0v) is 12.9. The highest BCUT2D eigenvalue weighted by Crippen LogP contribution is 2.40. The molecule has 2 aromatic carbocycles. The topological polar surface area (TPSA) is 35.2 Å². The molecule has 2 atom stereocenters. The van der Waals surface area contributed by atoms with Crippen LogP contribution in [-0.4, -0.2) is 7.11 Å². The molecule has 2 N–H and O–H groups in total. The monoisotopic (exact) mass is 301 g/mol. The van der Waals surface area contributed by atoms with Crippen molar-refractivity contribution in [2.45, 2.75) is 31.2 Å². The number of hydrogen-bond acceptors (Lipinski definition) is 2. The lowest BCUT2D eigenvalue weighted by molar-refractivity contribution is 0.412. The van der Waals surface area contributed by atoms with Gasteiger partial charge in [-0.05, 0) is 48.1 Å². The van der Waals surface area contributed by atoms with Gasteiger partial charge in [-0.25, -0.2) is 0 Å². The van der Waals surface area contributed by atoms with E-state index in [2.05, 4.69) is 24.3 Å². The summed E-state index contributed by atoms with van der Waals surface area (Å²) in [6.07, 6.45) is 3.48. The van der Waals surface area contributed by atoms with Gasteiger partial charge in [0.15, 0.2) is 0 Å². The van der Waals surface area contributed by atoms with Gasteiger partial charge in [0.05, 0.1) is 12.1 Å². The van der Waals surface area contributed by atoms with Crippen LogP contribution in [0.3, 0.4) is 0 Å². The molecule has 2 aromatic rings. The van der Waals surface area contributed by atoms with Crippen molar-refractivity contribution in [2.75, 3.05) is 7.11 Å². The Hall–Kier alpha value is -1.51. The molecule has 3 rings (SSSR count). The first-order chi connectivity index (χ1) is 10.2. The second-order valence-electron chi connectivity index (χ2n) is 5.62. The summed E-state index contributed by atoms with van der Waals surface area (Å²) >= 11 is 6.10. The van der Waals surface area contributed by atoms with Crippen LogP contribution in [0.25, 0.3) is 0 Å². The Balaban J connectivity index is 1.94. The van der Waals surface area contributed by atoms with Crippen molar-refractivity contribution < 1.29 is 4.74 Å². The highest BCUT2D eigenvalue weighted by Gasteiger charge is 2.26. The molecular weight excluding hydrogens is 282 g/mol. The molecule has 110 valence electrons. The number of benzene rings is 2. The normalized spacial score (nSPS) is 18.9. The number of nitrogens with two attached hydrogens (primary N) is 1. The molecule has 0 heterocycles. The summed E-state index contributed by atoms with van der Waals surface area (Å²) in [5.41, 5.74) is 10.5. The fourth-order valence-electron chi connectivity index (χ4n) is 3.28. The maximum absolute atomic E-state index is 6.56. The van der Waals surface area contributed by atoms with E-state index in [-0.39, 0.29) is 6.04 Å². The number of methoxy groups -OCH3 is 1. The van der Waals surface area contributed by atoms with E-state index in [1.807, 2.05) is 18.2 Å². The summed E-state index contributed by atoms with van der Waals surface area (Å²) in [5.74, 6) is 1.05. The molecule has 1 aliphatic carbocycles. The van der Waals surface area contributed by atoms with Crippen molar-refractivity contribution in [2.24, 2.45) is 5.73 Å². The fourth-order valence-corrected chi connectivity index (χ4v) is 3.48. The number of hydrogen-bond donors (Lipinski definition) is 1. The molecular formula is C18H20ClNO. The number of halogens is 1. The third-order valence-electron chi connectivity index (χ3n) is 4.41. The van der Waals surface area contributed by atoms with E-state index >= 15 is 0 Å². The van der Waals surface area contributed by atoms with E-state index in [0.29, 0.717) is 16.7 Å². The van der Waals surface area contributed by atoms with Crippen LogP contribution in [0.2, 0.25) is 5.02 Å². The minimum Gasteiger partial charge on any atom is -0.495 e. The Labute approximate surface area is 130 Å². The summed E-state index contributed by atoms with van der Waals surface area (Å²) < 4.78 is 5.31. The van der Waals surface area contributed by atoms with Gasteiger partial charge in [0.1, 0.15) is 5.75 Å². The van der Waals surface area contributed by atoms with E-state index in [4.69, 9.17) is 22.1 Å². The van der Waals surface area contributed by atoms with Crippen LogP contribution >= 0.6 is 11.6 Å². The summed E-state index contributed by atoms with van der Waals surface area (Å²) in [6.45, 7) is 0. The Morgan fingerprint density at radius 1 is 1.24 bits per heavy atom. The Morgan fingerprint density at radius 3 is 2.86 bits per heavy atom. The van der Waals surface area contributed by atoms with E-state index in [9.17, 15) is 0 Å². The second-order valence-corrected chi connectivity index (χ2v) is 6.02. The highest BCUT2D eigenvalue weighted by molar-refractivity contribution is 6.32. The van der Waals surface area contributed by atoms with Crippen LogP contribution in [0.15, 0.2) is 42.5 Å². The third-order valence-corrected chi connectivity index (χ3v) is 4.72. The molecule has 0 amide bonds. The minimum absolute atomic E-state index is 0.0300. The molecule has 0 bridgehead atoms. The van der Waals surface area contributed by atoms with Crippen molar-refractivity contribution in [1.82, 2.24) is 0 Å². The van der Waals surface area contributed by atoms with Gasteiger partial charge in [-0.2, -0.15) is 0 Å².